The molecule has 1 N–H and O–H groups in total. The molecule has 1 rings (SSSR count). The molecule has 0 spiro atoms. The van der Waals surface area contributed by atoms with E-state index in [2.05, 4.69) is 67.4 Å². The predicted octanol–water partition coefficient (Wildman–Crippen LogP) is 13.1. The smallest absolute Gasteiger partial charge is 0.155 e. The summed E-state index contributed by atoms with van der Waals surface area (Å²) in [5, 5.41) is 10.6. The van der Waals surface area contributed by atoms with Crippen molar-refractivity contribution in [1.82, 2.24) is 4.90 Å². The molecule has 0 amide bonds. The largest absolute Gasteiger partial charge is 0.368 e. The maximum absolute atomic E-state index is 10.6. The van der Waals surface area contributed by atoms with Gasteiger partial charge in [-0.25, -0.2) is 9.78 Å². The van der Waals surface area contributed by atoms with Crippen LogP contribution >= 0.6 is 0 Å². The van der Waals surface area contributed by atoms with Gasteiger partial charge in [0.25, 0.3) is 0 Å². The minimum absolute atomic E-state index is 0.220. The fraction of sp³-hybridized carbons (Fsp3) is 0.833. The van der Waals surface area contributed by atoms with E-state index in [9.17, 15) is 5.11 Å². The standard InChI is InChI=1S/C48H89NO6/c1-3-5-7-9-11-13-15-17-19-21-23-25-27-29-31-35-42-51-46-52-44-47(55-48(50)38-37-41-49-39-33-34-40-49)45-54-53-43-36-32-30-28-26-24-22-20-18-16-14-12-10-8-6-4-2/h11-14,17-20,47-48,50H,3-10,15-16,21-46H2,1-2H3. The maximum Gasteiger partial charge on any atom is 0.155 e. The van der Waals surface area contributed by atoms with Gasteiger partial charge in [0.2, 0.25) is 0 Å². The van der Waals surface area contributed by atoms with Crippen LogP contribution in [0, 0.1) is 0 Å². The number of hydrogen-bond donors (Lipinski definition) is 1. The third-order valence-corrected chi connectivity index (χ3v) is 10.2. The number of unbranched alkanes of at least 4 members (excludes halogenated alkanes) is 18. The molecule has 0 bridgehead atoms. The first-order valence-electron chi connectivity index (χ1n) is 23.3. The Morgan fingerprint density at radius 3 is 1.55 bits per heavy atom. The molecule has 0 aromatic heterocycles. The molecule has 0 aromatic carbocycles. The van der Waals surface area contributed by atoms with E-state index in [1.165, 1.54) is 148 Å². The number of hydrogen-bond acceptors (Lipinski definition) is 7. The molecule has 0 saturated carbocycles. The quantitative estimate of drug-likeness (QED) is 0.0217. The molecule has 322 valence electrons. The molecule has 2 atom stereocenters. The van der Waals surface area contributed by atoms with E-state index >= 15 is 0 Å². The van der Waals surface area contributed by atoms with Gasteiger partial charge in [0, 0.05) is 6.61 Å². The van der Waals surface area contributed by atoms with Gasteiger partial charge in [-0.1, -0.05) is 140 Å². The van der Waals surface area contributed by atoms with Crippen molar-refractivity contribution < 1.29 is 29.1 Å². The van der Waals surface area contributed by atoms with E-state index in [1.807, 2.05) is 0 Å². The molecule has 7 heteroatoms. The number of rotatable bonds is 43. The number of likely N-dealkylation sites (tertiary alicyclic amines) is 1. The van der Waals surface area contributed by atoms with Crippen LogP contribution in [-0.2, 0) is 24.0 Å². The number of ether oxygens (including phenoxy) is 3. The van der Waals surface area contributed by atoms with Crippen molar-refractivity contribution in [3.05, 3.63) is 48.6 Å². The third-order valence-electron chi connectivity index (χ3n) is 10.2. The van der Waals surface area contributed by atoms with Gasteiger partial charge in [-0.05, 0) is 122 Å². The van der Waals surface area contributed by atoms with E-state index in [4.69, 9.17) is 24.0 Å². The zero-order chi connectivity index (χ0) is 39.4. The summed E-state index contributed by atoms with van der Waals surface area (Å²) < 4.78 is 17.4. The van der Waals surface area contributed by atoms with Gasteiger partial charge in [-0.2, -0.15) is 0 Å². The van der Waals surface area contributed by atoms with Gasteiger partial charge in [-0.15, -0.1) is 0 Å². The topological polar surface area (TPSA) is 69.6 Å². The number of aliphatic hydroxyl groups is 1. The van der Waals surface area contributed by atoms with E-state index in [0.717, 1.165) is 45.1 Å². The lowest BCUT2D eigenvalue weighted by atomic mass is 10.1. The third kappa shape index (κ3) is 39.3. The molecule has 1 saturated heterocycles. The van der Waals surface area contributed by atoms with Crippen LogP contribution in [-0.4, -0.2) is 75.3 Å². The summed E-state index contributed by atoms with van der Waals surface area (Å²) >= 11 is 0. The molecular formula is C48H89NO6. The summed E-state index contributed by atoms with van der Waals surface area (Å²) in [4.78, 5) is 13.5. The zero-order valence-electron chi connectivity index (χ0n) is 36.2. The Morgan fingerprint density at radius 2 is 1.00 bits per heavy atom. The first-order valence-corrected chi connectivity index (χ1v) is 23.3. The Kier molecular flexibility index (Phi) is 41.2. The average Bonchev–Trinajstić information content (AvgIpc) is 3.71. The van der Waals surface area contributed by atoms with Crippen LogP contribution in [0.15, 0.2) is 48.6 Å². The van der Waals surface area contributed by atoms with Gasteiger partial charge in [0.05, 0.1) is 13.2 Å². The second-order valence-electron chi connectivity index (χ2n) is 15.6. The Morgan fingerprint density at radius 1 is 0.509 bits per heavy atom. The molecule has 0 radical (unpaired) electrons. The van der Waals surface area contributed by atoms with E-state index < -0.39 is 12.4 Å². The van der Waals surface area contributed by atoms with Crippen molar-refractivity contribution >= 4 is 0 Å². The Balaban J connectivity index is 2.08. The van der Waals surface area contributed by atoms with Crippen LogP contribution in [0.25, 0.3) is 0 Å². The van der Waals surface area contributed by atoms with Crippen molar-refractivity contribution in [3.8, 4) is 0 Å². The fourth-order valence-electron chi connectivity index (χ4n) is 6.73. The zero-order valence-corrected chi connectivity index (χ0v) is 36.2. The lowest BCUT2D eigenvalue weighted by Gasteiger charge is -2.22. The van der Waals surface area contributed by atoms with Crippen molar-refractivity contribution in [1.29, 1.82) is 0 Å². The second-order valence-corrected chi connectivity index (χ2v) is 15.6. The van der Waals surface area contributed by atoms with Crippen molar-refractivity contribution in [2.45, 2.75) is 206 Å². The average molecular weight is 776 g/mol. The lowest BCUT2D eigenvalue weighted by Crippen LogP contribution is -2.32. The van der Waals surface area contributed by atoms with E-state index in [0.29, 0.717) is 26.2 Å². The SMILES string of the molecule is CCCCCC=CCC=CCCCCCCCCOCOCC(COOCCCCCCCCC=CCC=CCCCCC)OC(O)CCCN1CCCC1. The van der Waals surface area contributed by atoms with Crippen molar-refractivity contribution in [3.63, 3.8) is 0 Å². The summed E-state index contributed by atoms with van der Waals surface area (Å²) in [6, 6.07) is 0. The van der Waals surface area contributed by atoms with E-state index in [-0.39, 0.29) is 13.4 Å². The predicted molar refractivity (Wildman–Crippen MR) is 233 cm³/mol. The highest BCUT2D eigenvalue weighted by atomic mass is 17.2. The second kappa shape index (κ2) is 43.8. The lowest BCUT2D eigenvalue weighted by molar-refractivity contribution is -0.317. The van der Waals surface area contributed by atoms with Crippen molar-refractivity contribution in [2.75, 3.05) is 52.9 Å². The molecule has 55 heavy (non-hydrogen) atoms. The summed E-state index contributed by atoms with van der Waals surface area (Å²) in [7, 11) is 0. The molecular weight excluding hydrogens is 687 g/mol. The number of nitrogens with zero attached hydrogens (tertiary/aromatic N) is 1. The van der Waals surface area contributed by atoms with Crippen LogP contribution in [0.5, 0.6) is 0 Å². The van der Waals surface area contributed by atoms with Crippen LogP contribution in [0.2, 0.25) is 0 Å². The molecule has 7 nitrogen and oxygen atoms in total. The highest BCUT2D eigenvalue weighted by molar-refractivity contribution is 4.93. The molecule has 2 unspecified atom stereocenters. The van der Waals surface area contributed by atoms with Crippen LogP contribution in [0.1, 0.15) is 194 Å². The van der Waals surface area contributed by atoms with Gasteiger partial charge in [0.1, 0.15) is 19.5 Å². The molecule has 0 aromatic rings. The Bertz CT molecular complexity index is 870. The van der Waals surface area contributed by atoms with Gasteiger partial charge in [-0.3, -0.25) is 0 Å². The highest BCUT2D eigenvalue weighted by Crippen LogP contribution is 2.13. The first-order chi connectivity index (χ1) is 27.3. The van der Waals surface area contributed by atoms with Gasteiger partial charge in [0.15, 0.2) is 6.29 Å². The Labute approximate surface area is 340 Å². The van der Waals surface area contributed by atoms with Crippen molar-refractivity contribution in [2.24, 2.45) is 0 Å². The number of aliphatic hydroxyl groups excluding tert-OH is 1. The molecule has 1 fully saturated rings. The van der Waals surface area contributed by atoms with Gasteiger partial charge >= 0.3 is 0 Å². The summed E-state index contributed by atoms with van der Waals surface area (Å²) in [6.07, 6.45) is 50.8. The maximum atomic E-state index is 10.6. The molecule has 1 heterocycles. The monoisotopic (exact) mass is 776 g/mol. The molecule has 1 aliphatic rings. The fourth-order valence-corrected chi connectivity index (χ4v) is 6.73. The molecule has 0 aliphatic carbocycles. The van der Waals surface area contributed by atoms with Gasteiger partial charge < -0.3 is 24.2 Å². The summed E-state index contributed by atoms with van der Waals surface area (Å²) in [6.45, 7) is 9.86. The minimum Gasteiger partial charge on any atom is -0.368 e. The normalized spacial score (nSPS) is 15.3. The first kappa shape index (κ1) is 51.7. The van der Waals surface area contributed by atoms with Crippen LogP contribution < -0.4 is 0 Å². The van der Waals surface area contributed by atoms with Crippen LogP contribution in [0.3, 0.4) is 0 Å². The summed E-state index contributed by atoms with van der Waals surface area (Å²) in [5.41, 5.74) is 0. The number of allylic oxidation sites excluding steroid dienone is 8. The Hall–Kier alpha value is -1.32. The molecule has 1 aliphatic heterocycles. The van der Waals surface area contributed by atoms with E-state index in [1.54, 1.807) is 0 Å². The van der Waals surface area contributed by atoms with Crippen LogP contribution in [0.4, 0.5) is 0 Å². The highest BCUT2D eigenvalue weighted by Gasteiger charge is 2.18. The summed E-state index contributed by atoms with van der Waals surface area (Å²) in [5.74, 6) is 0. The minimum atomic E-state index is -0.841.